The Labute approximate surface area is 138 Å². The van der Waals surface area contributed by atoms with Crippen molar-refractivity contribution >= 4 is 5.91 Å². The first-order valence-electron chi connectivity index (χ1n) is 8.39. The summed E-state index contributed by atoms with van der Waals surface area (Å²) >= 11 is 0. The number of methoxy groups -OCH3 is 1. The van der Waals surface area contributed by atoms with E-state index in [4.69, 9.17) is 4.74 Å². The number of benzene rings is 1. The van der Waals surface area contributed by atoms with E-state index in [-0.39, 0.29) is 5.91 Å². The minimum absolute atomic E-state index is 0.0461. The van der Waals surface area contributed by atoms with E-state index in [1.807, 2.05) is 36.9 Å². The number of rotatable bonds is 6. The molecule has 0 saturated carbocycles. The number of aliphatic hydroxyl groups is 1. The molecule has 0 bridgehead atoms. The second-order valence-electron chi connectivity index (χ2n) is 6.23. The first kappa shape index (κ1) is 17.8. The fourth-order valence-corrected chi connectivity index (χ4v) is 2.94. The van der Waals surface area contributed by atoms with E-state index in [0.717, 1.165) is 25.9 Å². The van der Waals surface area contributed by atoms with E-state index >= 15 is 0 Å². The number of ether oxygens (including phenoxy) is 1. The maximum absolute atomic E-state index is 12.6. The molecule has 23 heavy (non-hydrogen) atoms. The summed E-state index contributed by atoms with van der Waals surface area (Å²) in [7, 11) is 1.60. The van der Waals surface area contributed by atoms with Crippen LogP contribution in [0.2, 0.25) is 0 Å². The average molecular weight is 320 g/mol. The molecule has 0 spiro atoms. The van der Waals surface area contributed by atoms with Gasteiger partial charge in [-0.1, -0.05) is 19.9 Å². The van der Waals surface area contributed by atoms with Gasteiger partial charge in [-0.3, -0.25) is 9.69 Å². The summed E-state index contributed by atoms with van der Waals surface area (Å²) in [5, 5.41) is 10.5. The SMILES string of the molecule is CCC(O)(CC)CN1CCN(C(=O)c2cccc(OC)c2)CC1. The van der Waals surface area contributed by atoms with Crippen LogP contribution in [0.5, 0.6) is 5.75 Å². The van der Waals surface area contributed by atoms with Crippen LogP contribution in [-0.4, -0.2) is 66.2 Å². The van der Waals surface area contributed by atoms with Crippen molar-refractivity contribution in [1.29, 1.82) is 0 Å². The number of piperazine rings is 1. The van der Waals surface area contributed by atoms with E-state index in [9.17, 15) is 9.90 Å². The third-order valence-corrected chi connectivity index (χ3v) is 4.81. The van der Waals surface area contributed by atoms with Crippen LogP contribution >= 0.6 is 0 Å². The molecule has 0 atom stereocenters. The van der Waals surface area contributed by atoms with Gasteiger partial charge in [0.05, 0.1) is 12.7 Å². The van der Waals surface area contributed by atoms with Crippen LogP contribution in [0.4, 0.5) is 0 Å². The molecule has 2 rings (SSSR count). The van der Waals surface area contributed by atoms with Gasteiger partial charge in [0.25, 0.3) is 5.91 Å². The molecular weight excluding hydrogens is 292 g/mol. The minimum Gasteiger partial charge on any atom is -0.497 e. The van der Waals surface area contributed by atoms with Gasteiger partial charge >= 0.3 is 0 Å². The summed E-state index contributed by atoms with van der Waals surface area (Å²) in [4.78, 5) is 16.7. The first-order valence-corrected chi connectivity index (χ1v) is 8.39. The number of carbonyl (C=O) groups excluding carboxylic acids is 1. The Morgan fingerprint density at radius 3 is 2.43 bits per heavy atom. The van der Waals surface area contributed by atoms with Crippen molar-refractivity contribution in [3.05, 3.63) is 29.8 Å². The predicted molar refractivity (Wildman–Crippen MR) is 90.9 cm³/mol. The summed E-state index contributed by atoms with van der Waals surface area (Å²) in [5.74, 6) is 0.746. The zero-order valence-electron chi connectivity index (χ0n) is 14.4. The van der Waals surface area contributed by atoms with Gasteiger partial charge in [-0.25, -0.2) is 0 Å². The Hall–Kier alpha value is -1.59. The molecule has 0 radical (unpaired) electrons. The second-order valence-corrected chi connectivity index (χ2v) is 6.23. The molecule has 5 heteroatoms. The Bertz CT molecular complexity index is 521. The number of β-amino-alcohol motifs (C(OH)–C–C–N with tert-alkyl or cyclic N) is 1. The molecule has 1 fully saturated rings. The molecule has 1 aliphatic heterocycles. The number of amides is 1. The summed E-state index contributed by atoms with van der Waals surface area (Å²) < 4.78 is 5.18. The van der Waals surface area contributed by atoms with Crippen molar-refractivity contribution in [2.75, 3.05) is 39.8 Å². The van der Waals surface area contributed by atoms with Crippen LogP contribution in [0.3, 0.4) is 0 Å². The van der Waals surface area contributed by atoms with E-state index in [2.05, 4.69) is 4.90 Å². The lowest BCUT2D eigenvalue weighted by molar-refractivity contribution is -0.0139. The molecule has 1 aromatic rings. The molecule has 0 unspecified atom stereocenters. The van der Waals surface area contributed by atoms with Crippen LogP contribution in [0.15, 0.2) is 24.3 Å². The third-order valence-electron chi connectivity index (χ3n) is 4.81. The zero-order chi connectivity index (χ0) is 16.9. The fourth-order valence-electron chi connectivity index (χ4n) is 2.94. The van der Waals surface area contributed by atoms with Gasteiger partial charge in [-0.15, -0.1) is 0 Å². The molecule has 1 N–H and O–H groups in total. The fraction of sp³-hybridized carbons (Fsp3) is 0.611. The maximum atomic E-state index is 12.6. The van der Waals surface area contributed by atoms with E-state index in [1.54, 1.807) is 13.2 Å². The van der Waals surface area contributed by atoms with E-state index < -0.39 is 5.60 Å². The largest absolute Gasteiger partial charge is 0.497 e. The van der Waals surface area contributed by atoms with Gasteiger partial charge in [-0.05, 0) is 31.0 Å². The summed E-state index contributed by atoms with van der Waals surface area (Å²) in [6, 6.07) is 7.28. The van der Waals surface area contributed by atoms with Crippen molar-refractivity contribution in [3.63, 3.8) is 0 Å². The molecule has 5 nitrogen and oxygen atoms in total. The standard InChI is InChI=1S/C18H28N2O3/c1-4-18(22,5-2)14-19-9-11-20(12-10-19)17(21)15-7-6-8-16(13-15)23-3/h6-8,13,22H,4-5,9-12,14H2,1-3H3. The Morgan fingerprint density at radius 2 is 1.87 bits per heavy atom. The predicted octanol–water partition coefficient (Wildman–Crippen LogP) is 2.00. The molecule has 1 aliphatic rings. The van der Waals surface area contributed by atoms with Crippen LogP contribution < -0.4 is 4.74 Å². The molecule has 1 heterocycles. The monoisotopic (exact) mass is 320 g/mol. The highest BCUT2D eigenvalue weighted by molar-refractivity contribution is 5.94. The quantitative estimate of drug-likeness (QED) is 0.871. The minimum atomic E-state index is -0.612. The van der Waals surface area contributed by atoms with Crippen molar-refractivity contribution in [2.45, 2.75) is 32.3 Å². The van der Waals surface area contributed by atoms with Gasteiger partial charge < -0.3 is 14.7 Å². The Kier molecular flexibility index (Phi) is 6.02. The molecule has 1 amide bonds. The topological polar surface area (TPSA) is 53.0 Å². The van der Waals surface area contributed by atoms with E-state index in [1.165, 1.54) is 0 Å². The summed E-state index contributed by atoms with van der Waals surface area (Å²) in [6.07, 6.45) is 1.51. The summed E-state index contributed by atoms with van der Waals surface area (Å²) in [5.41, 5.74) is 0.0512. The van der Waals surface area contributed by atoms with Crippen LogP contribution in [0, 0.1) is 0 Å². The van der Waals surface area contributed by atoms with Crippen molar-refractivity contribution in [2.24, 2.45) is 0 Å². The maximum Gasteiger partial charge on any atom is 0.254 e. The van der Waals surface area contributed by atoms with Crippen molar-refractivity contribution < 1.29 is 14.6 Å². The molecule has 1 saturated heterocycles. The second kappa shape index (κ2) is 7.79. The highest BCUT2D eigenvalue weighted by atomic mass is 16.5. The highest BCUT2D eigenvalue weighted by Gasteiger charge is 2.29. The van der Waals surface area contributed by atoms with Gasteiger partial charge in [-0.2, -0.15) is 0 Å². The lowest BCUT2D eigenvalue weighted by Gasteiger charge is -2.39. The lowest BCUT2D eigenvalue weighted by atomic mass is 9.96. The van der Waals surface area contributed by atoms with Crippen molar-refractivity contribution in [1.82, 2.24) is 9.80 Å². The summed E-state index contributed by atoms with van der Waals surface area (Å²) in [6.45, 7) is 7.72. The number of carbonyl (C=O) groups is 1. The van der Waals surface area contributed by atoms with Crippen LogP contribution in [0.1, 0.15) is 37.0 Å². The smallest absolute Gasteiger partial charge is 0.254 e. The molecule has 0 aromatic heterocycles. The number of hydrogen-bond acceptors (Lipinski definition) is 4. The molecule has 0 aliphatic carbocycles. The average Bonchev–Trinajstić information content (AvgIpc) is 2.61. The Morgan fingerprint density at radius 1 is 1.22 bits per heavy atom. The molecule has 1 aromatic carbocycles. The van der Waals surface area contributed by atoms with Crippen molar-refractivity contribution in [3.8, 4) is 5.75 Å². The normalized spacial score (nSPS) is 16.4. The Balaban J connectivity index is 1.92. The lowest BCUT2D eigenvalue weighted by Crippen LogP contribution is -2.53. The molecule has 128 valence electrons. The van der Waals surface area contributed by atoms with Gasteiger partial charge in [0.15, 0.2) is 0 Å². The number of hydrogen-bond donors (Lipinski definition) is 1. The van der Waals surface area contributed by atoms with Gasteiger partial charge in [0.2, 0.25) is 0 Å². The van der Waals surface area contributed by atoms with Gasteiger partial charge in [0, 0.05) is 38.3 Å². The zero-order valence-corrected chi connectivity index (χ0v) is 14.4. The van der Waals surface area contributed by atoms with Crippen LogP contribution in [-0.2, 0) is 0 Å². The number of nitrogens with zero attached hydrogens (tertiary/aromatic N) is 2. The van der Waals surface area contributed by atoms with Gasteiger partial charge in [0.1, 0.15) is 5.75 Å². The first-order chi connectivity index (χ1) is 11.0. The van der Waals surface area contributed by atoms with E-state index in [0.29, 0.717) is 30.9 Å². The van der Waals surface area contributed by atoms with Crippen LogP contribution in [0.25, 0.3) is 0 Å². The molecular formula is C18H28N2O3. The highest BCUT2D eigenvalue weighted by Crippen LogP contribution is 2.19. The third kappa shape index (κ3) is 4.45.